The van der Waals surface area contributed by atoms with E-state index in [9.17, 15) is 13.2 Å². The molecular weight excluding hydrogens is 169 g/mol. The molecule has 4 heteroatoms. The zero-order valence-corrected chi connectivity index (χ0v) is 6.27. The molecular formula is C8H6F3O. The molecule has 0 heterocycles. The van der Waals surface area contributed by atoms with E-state index in [2.05, 4.69) is 10.8 Å². The highest BCUT2D eigenvalue weighted by Gasteiger charge is 2.33. The Bertz CT molecular complexity index is 267. The van der Waals surface area contributed by atoms with E-state index in [1.54, 1.807) is 0 Å². The summed E-state index contributed by atoms with van der Waals surface area (Å²) < 4.78 is 40.9. The zero-order valence-electron chi connectivity index (χ0n) is 6.27. The minimum Gasteiger partial charge on any atom is -0.496 e. The predicted molar refractivity (Wildman–Crippen MR) is 36.8 cm³/mol. The SMILES string of the molecule is COc1cc[c]cc1C(F)(F)F. The van der Waals surface area contributed by atoms with Gasteiger partial charge in [-0.15, -0.1) is 0 Å². The molecule has 0 aliphatic carbocycles. The molecule has 1 radical (unpaired) electrons. The van der Waals surface area contributed by atoms with E-state index < -0.39 is 11.7 Å². The lowest BCUT2D eigenvalue weighted by Gasteiger charge is -2.10. The average Bonchev–Trinajstić information content (AvgIpc) is 2.03. The Morgan fingerprint density at radius 1 is 1.42 bits per heavy atom. The quantitative estimate of drug-likeness (QED) is 0.637. The van der Waals surface area contributed by atoms with Crippen molar-refractivity contribution in [3.05, 3.63) is 29.8 Å². The van der Waals surface area contributed by atoms with Gasteiger partial charge in [-0.2, -0.15) is 13.2 Å². The number of hydrogen-bond donors (Lipinski definition) is 0. The second-order valence-corrected chi connectivity index (χ2v) is 2.12. The Labute approximate surface area is 67.8 Å². The third kappa shape index (κ3) is 1.69. The molecule has 1 nitrogen and oxygen atoms in total. The molecule has 0 unspecified atom stereocenters. The lowest BCUT2D eigenvalue weighted by Crippen LogP contribution is -2.06. The highest BCUT2D eigenvalue weighted by Crippen LogP contribution is 2.35. The van der Waals surface area contributed by atoms with Gasteiger partial charge in [-0.05, 0) is 18.2 Å². The van der Waals surface area contributed by atoms with Gasteiger partial charge in [0, 0.05) is 0 Å². The summed E-state index contributed by atoms with van der Waals surface area (Å²) >= 11 is 0. The fourth-order valence-electron chi connectivity index (χ4n) is 0.816. The monoisotopic (exact) mass is 175 g/mol. The van der Waals surface area contributed by atoms with Crippen molar-refractivity contribution in [3.63, 3.8) is 0 Å². The third-order valence-electron chi connectivity index (χ3n) is 1.35. The van der Waals surface area contributed by atoms with Crippen LogP contribution in [0.1, 0.15) is 5.56 Å². The molecule has 0 fully saturated rings. The molecule has 0 atom stereocenters. The molecule has 0 bridgehead atoms. The maximum absolute atomic E-state index is 12.1. The molecule has 0 aromatic heterocycles. The second kappa shape index (κ2) is 3.05. The molecule has 0 spiro atoms. The van der Waals surface area contributed by atoms with Crippen molar-refractivity contribution in [3.8, 4) is 5.75 Å². The second-order valence-electron chi connectivity index (χ2n) is 2.12. The lowest BCUT2D eigenvalue weighted by molar-refractivity contribution is -0.138. The predicted octanol–water partition coefficient (Wildman–Crippen LogP) is 2.51. The Hall–Kier alpha value is -1.19. The Morgan fingerprint density at radius 3 is 2.50 bits per heavy atom. The molecule has 0 amide bonds. The molecule has 1 rings (SSSR count). The Morgan fingerprint density at radius 2 is 2.08 bits per heavy atom. The van der Waals surface area contributed by atoms with Gasteiger partial charge >= 0.3 is 6.18 Å². The first-order valence-electron chi connectivity index (χ1n) is 3.17. The van der Waals surface area contributed by atoms with Gasteiger partial charge < -0.3 is 4.74 Å². The number of rotatable bonds is 1. The van der Waals surface area contributed by atoms with Crippen molar-refractivity contribution >= 4 is 0 Å². The van der Waals surface area contributed by atoms with Gasteiger partial charge in [0.25, 0.3) is 0 Å². The van der Waals surface area contributed by atoms with Crippen molar-refractivity contribution in [1.82, 2.24) is 0 Å². The summed E-state index contributed by atoms with van der Waals surface area (Å²) in [6.07, 6.45) is -4.37. The molecule has 12 heavy (non-hydrogen) atoms. The summed E-state index contributed by atoms with van der Waals surface area (Å²) in [6.45, 7) is 0. The van der Waals surface area contributed by atoms with Gasteiger partial charge in [-0.3, -0.25) is 0 Å². The smallest absolute Gasteiger partial charge is 0.419 e. The van der Waals surface area contributed by atoms with E-state index in [1.807, 2.05) is 0 Å². The molecule has 0 aliphatic heterocycles. The first-order chi connectivity index (χ1) is 5.55. The molecule has 0 saturated heterocycles. The first kappa shape index (κ1) is 8.90. The van der Waals surface area contributed by atoms with Crippen LogP contribution < -0.4 is 4.74 Å². The maximum atomic E-state index is 12.1. The fourth-order valence-corrected chi connectivity index (χ4v) is 0.816. The van der Waals surface area contributed by atoms with Crippen molar-refractivity contribution in [2.45, 2.75) is 6.18 Å². The van der Waals surface area contributed by atoms with E-state index in [0.717, 1.165) is 6.07 Å². The Balaban J connectivity index is 3.14. The summed E-state index contributed by atoms with van der Waals surface area (Å²) in [5.41, 5.74) is -0.799. The summed E-state index contributed by atoms with van der Waals surface area (Å²) in [6, 6.07) is 5.80. The summed E-state index contributed by atoms with van der Waals surface area (Å²) in [4.78, 5) is 0. The molecule has 1 aromatic carbocycles. The van der Waals surface area contributed by atoms with Gasteiger partial charge in [0.15, 0.2) is 0 Å². The lowest BCUT2D eigenvalue weighted by atomic mass is 10.2. The van der Waals surface area contributed by atoms with Crippen LogP contribution in [0.2, 0.25) is 0 Å². The van der Waals surface area contributed by atoms with Crippen LogP contribution in [0.3, 0.4) is 0 Å². The summed E-state index contributed by atoms with van der Waals surface area (Å²) in [7, 11) is 1.20. The van der Waals surface area contributed by atoms with E-state index in [4.69, 9.17) is 0 Å². The van der Waals surface area contributed by atoms with Crippen LogP contribution in [0, 0.1) is 6.07 Å². The average molecular weight is 175 g/mol. The van der Waals surface area contributed by atoms with E-state index in [0.29, 0.717) is 0 Å². The van der Waals surface area contributed by atoms with Crippen LogP contribution in [0.25, 0.3) is 0 Å². The normalized spacial score (nSPS) is 11.3. The standard InChI is InChI=1S/C8H6F3O/c1-12-7-5-3-2-4-6(7)8(9,10)11/h3-5H,1H3. The summed E-state index contributed by atoms with van der Waals surface area (Å²) in [5.74, 6) is -0.179. The van der Waals surface area contributed by atoms with Gasteiger partial charge in [-0.25, -0.2) is 0 Å². The number of benzene rings is 1. The zero-order chi connectivity index (χ0) is 9.19. The highest BCUT2D eigenvalue weighted by atomic mass is 19.4. The third-order valence-corrected chi connectivity index (χ3v) is 1.35. The van der Waals surface area contributed by atoms with Crippen LogP contribution in [0.5, 0.6) is 5.75 Å². The fraction of sp³-hybridized carbons (Fsp3) is 0.250. The van der Waals surface area contributed by atoms with Gasteiger partial charge in [0.1, 0.15) is 5.75 Å². The number of hydrogen-bond acceptors (Lipinski definition) is 1. The van der Waals surface area contributed by atoms with Crippen LogP contribution in [-0.4, -0.2) is 7.11 Å². The van der Waals surface area contributed by atoms with Crippen molar-refractivity contribution in [1.29, 1.82) is 0 Å². The van der Waals surface area contributed by atoms with Gasteiger partial charge in [0.05, 0.1) is 12.7 Å². The van der Waals surface area contributed by atoms with Crippen LogP contribution in [-0.2, 0) is 6.18 Å². The van der Waals surface area contributed by atoms with E-state index in [1.165, 1.54) is 19.2 Å². The minimum atomic E-state index is -4.37. The molecule has 65 valence electrons. The molecule has 0 saturated carbocycles. The van der Waals surface area contributed by atoms with Crippen molar-refractivity contribution < 1.29 is 17.9 Å². The molecule has 0 N–H and O–H groups in total. The molecule has 1 aromatic rings. The van der Waals surface area contributed by atoms with E-state index in [-0.39, 0.29) is 5.75 Å². The number of halogens is 3. The number of alkyl halides is 3. The van der Waals surface area contributed by atoms with E-state index >= 15 is 0 Å². The largest absolute Gasteiger partial charge is 0.496 e. The minimum absolute atomic E-state index is 0.179. The first-order valence-corrected chi connectivity index (χ1v) is 3.17. The number of ether oxygens (including phenoxy) is 1. The summed E-state index contributed by atoms with van der Waals surface area (Å²) in [5, 5.41) is 0. The topological polar surface area (TPSA) is 9.23 Å². The van der Waals surface area contributed by atoms with Crippen molar-refractivity contribution in [2.75, 3.05) is 7.11 Å². The van der Waals surface area contributed by atoms with Crippen LogP contribution >= 0.6 is 0 Å². The number of methoxy groups -OCH3 is 1. The molecule has 0 aliphatic rings. The van der Waals surface area contributed by atoms with Crippen LogP contribution in [0.15, 0.2) is 18.2 Å². The maximum Gasteiger partial charge on any atom is 0.419 e. The van der Waals surface area contributed by atoms with Gasteiger partial charge in [-0.1, -0.05) is 6.07 Å². The van der Waals surface area contributed by atoms with Crippen LogP contribution in [0.4, 0.5) is 13.2 Å². The Kier molecular flexibility index (Phi) is 2.26. The van der Waals surface area contributed by atoms with Crippen molar-refractivity contribution in [2.24, 2.45) is 0 Å². The highest BCUT2D eigenvalue weighted by molar-refractivity contribution is 5.34. The van der Waals surface area contributed by atoms with Gasteiger partial charge in [0.2, 0.25) is 0 Å².